The van der Waals surface area contributed by atoms with E-state index in [1.54, 1.807) is 18.2 Å². The highest BCUT2D eigenvalue weighted by Gasteiger charge is 2.22. The zero-order valence-corrected chi connectivity index (χ0v) is 19.9. The Hall–Kier alpha value is -1.73. The van der Waals surface area contributed by atoms with Gasteiger partial charge in [0, 0.05) is 16.3 Å². The quantitative estimate of drug-likeness (QED) is 0.245. The first-order valence-electron chi connectivity index (χ1n) is 9.67. The summed E-state index contributed by atoms with van der Waals surface area (Å²) in [6, 6.07) is 13.1. The van der Waals surface area contributed by atoms with Crippen molar-refractivity contribution in [3.8, 4) is 0 Å². The van der Waals surface area contributed by atoms with Crippen molar-refractivity contribution < 1.29 is 4.79 Å². The van der Waals surface area contributed by atoms with E-state index in [1.807, 2.05) is 23.9 Å². The summed E-state index contributed by atoms with van der Waals surface area (Å²) in [5.41, 5.74) is 7.12. The molecule has 0 aliphatic heterocycles. The minimum absolute atomic E-state index is 0.154. The third-order valence-corrected chi connectivity index (χ3v) is 7.65. The number of carbonyl (C=O) groups is 1. The number of nitrogens with zero attached hydrogens (tertiary/aromatic N) is 1. The van der Waals surface area contributed by atoms with Gasteiger partial charge in [-0.2, -0.15) is 0 Å². The molecule has 3 aromatic rings. The molecule has 1 heterocycles. The second kappa shape index (κ2) is 10.5. The van der Waals surface area contributed by atoms with Crippen molar-refractivity contribution in [1.82, 2.24) is 4.98 Å². The summed E-state index contributed by atoms with van der Waals surface area (Å²) < 4.78 is 0. The maximum Gasteiger partial charge on any atom is 0.209 e. The number of carbonyl (C=O) groups excluding carboxylic acids is 1. The molecule has 0 fully saturated rings. The fourth-order valence-corrected chi connectivity index (χ4v) is 5.52. The Bertz CT molecular complexity index is 997. The minimum atomic E-state index is -0.332. The van der Waals surface area contributed by atoms with Crippen LogP contribution in [0.4, 0.5) is 16.6 Å². The van der Waals surface area contributed by atoms with Crippen molar-refractivity contribution in [2.45, 2.75) is 31.6 Å². The molecule has 0 bridgehead atoms. The number of nitrogens with two attached hydrogens (primary N) is 1. The van der Waals surface area contributed by atoms with Crippen LogP contribution in [-0.4, -0.2) is 16.5 Å². The Morgan fingerprint density at radius 3 is 2.37 bits per heavy atom. The molecule has 0 saturated heterocycles. The fraction of sp³-hybridized carbons (Fsp3) is 0.273. The van der Waals surface area contributed by atoms with Gasteiger partial charge in [0.2, 0.25) is 5.78 Å². The molecule has 0 spiro atoms. The van der Waals surface area contributed by atoms with E-state index in [0.717, 1.165) is 17.4 Å². The Morgan fingerprint density at radius 1 is 1.13 bits per heavy atom. The second-order valence-electron chi connectivity index (χ2n) is 6.80. The first kappa shape index (κ1) is 22.9. The minimum Gasteiger partial charge on any atom is -0.382 e. The van der Waals surface area contributed by atoms with Gasteiger partial charge < -0.3 is 11.1 Å². The highest BCUT2D eigenvalue weighted by atomic mass is 35.5. The topological polar surface area (TPSA) is 68.0 Å². The summed E-state index contributed by atoms with van der Waals surface area (Å²) in [6.45, 7) is 4.47. The second-order valence-corrected chi connectivity index (χ2v) is 9.71. The predicted molar refractivity (Wildman–Crippen MR) is 131 cm³/mol. The lowest BCUT2D eigenvalue weighted by atomic mass is 10.1. The average molecular weight is 480 g/mol. The zero-order valence-electron chi connectivity index (χ0n) is 16.7. The van der Waals surface area contributed by atoms with E-state index in [1.165, 1.54) is 29.1 Å². The third kappa shape index (κ3) is 5.49. The monoisotopic (exact) mass is 479 g/mol. The number of anilines is 3. The first-order chi connectivity index (χ1) is 14.4. The van der Waals surface area contributed by atoms with Crippen LogP contribution >= 0.6 is 46.3 Å². The lowest BCUT2D eigenvalue weighted by Crippen LogP contribution is -2.04. The molecule has 0 aliphatic carbocycles. The number of halogens is 2. The Labute approximate surface area is 195 Å². The van der Waals surface area contributed by atoms with Crippen LogP contribution in [0.25, 0.3) is 0 Å². The number of rotatable bonds is 9. The van der Waals surface area contributed by atoms with E-state index in [9.17, 15) is 4.79 Å². The number of hydrogen-bond donors (Lipinski definition) is 2. The molecule has 0 aliphatic rings. The van der Waals surface area contributed by atoms with E-state index in [-0.39, 0.29) is 27.2 Å². The number of benzene rings is 2. The van der Waals surface area contributed by atoms with Gasteiger partial charge in [-0.05, 0) is 42.3 Å². The van der Waals surface area contributed by atoms with Gasteiger partial charge in [-0.15, -0.1) is 11.8 Å². The van der Waals surface area contributed by atoms with Gasteiger partial charge in [0.25, 0.3) is 0 Å². The number of aromatic nitrogens is 1. The molecule has 0 atom stereocenters. The third-order valence-electron chi connectivity index (χ3n) is 4.80. The Kier molecular flexibility index (Phi) is 8.06. The van der Waals surface area contributed by atoms with E-state index in [0.29, 0.717) is 10.0 Å². The molecular weight excluding hydrogens is 457 g/mol. The largest absolute Gasteiger partial charge is 0.382 e. The molecule has 30 heavy (non-hydrogen) atoms. The summed E-state index contributed by atoms with van der Waals surface area (Å²) in [4.78, 5) is 18.7. The van der Waals surface area contributed by atoms with E-state index >= 15 is 0 Å². The van der Waals surface area contributed by atoms with Gasteiger partial charge in [0.15, 0.2) is 5.13 Å². The number of thioether (sulfide) groups is 1. The van der Waals surface area contributed by atoms with Crippen molar-refractivity contribution in [2.24, 2.45) is 5.92 Å². The summed E-state index contributed by atoms with van der Waals surface area (Å²) >= 11 is 15.4. The molecule has 4 nitrogen and oxygen atoms in total. The van der Waals surface area contributed by atoms with Crippen LogP contribution in [0.15, 0.2) is 47.4 Å². The molecule has 3 N–H and O–H groups in total. The standard InChI is InChI=1S/C22H23Cl2N3OS2/c1-3-13(4-2)12-29-15-10-8-14(9-11-15)26-22-27-21(25)20(30-22)19(28)18-16(23)6-5-7-17(18)24/h5-11,13H,3-4,12,25H2,1-2H3,(H,26,27). The molecule has 3 rings (SSSR count). The molecular formula is C22H23Cl2N3OS2. The van der Waals surface area contributed by atoms with Gasteiger partial charge in [0.05, 0.1) is 15.6 Å². The van der Waals surface area contributed by atoms with Crippen LogP contribution in [0.1, 0.15) is 41.9 Å². The van der Waals surface area contributed by atoms with Crippen LogP contribution in [0.5, 0.6) is 0 Å². The van der Waals surface area contributed by atoms with Gasteiger partial charge in [0.1, 0.15) is 10.7 Å². The SMILES string of the molecule is CCC(CC)CSc1ccc(Nc2nc(N)c(C(=O)c3c(Cl)cccc3Cl)s2)cc1. The van der Waals surface area contributed by atoms with E-state index < -0.39 is 0 Å². The van der Waals surface area contributed by atoms with Crippen molar-refractivity contribution in [2.75, 3.05) is 16.8 Å². The summed E-state index contributed by atoms with van der Waals surface area (Å²) in [5, 5.41) is 4.33. The number of hydrogen-bond acceptors (Lipinski definition) is 6. The normalized spacial score (nSPS) is 11.1. The highest BCUT2D eigenvalue weighted by Crippen LogP contribution is 2.34. The van der Waals surface area contributed by atoms with Crippen molar-refractivity contribution in [1.29, 1.82) is 0 Å². The van der Waals surface area contributed by atoms with E-state index in [2.05, 4.69) is 36.3 Å². The van der Waals surface area contributed by atoms with Crippen LogP contribution < -0.4 is 11.1 Å². The lowest BCUT2D eigenvalue weighted by Gasteiger charge is -2.11. The maximum atomic E-state index is 12.9. The molecule has 1 aromatic heterocycles. The lowest BCUT2D eigenvalue weighted by molar-refractivity contribution is 0.104. The van der Waals surface area contributed by atoms with Crippen molar-refractivity contribution in [3.63, 3.8) is 0 Å². The van der Waals surface area contributed by atoms with Gasteiger partial charge in [-0.3, -0.25) is 4.79 Å². The average Bonchev–Trinajstić information content (AvgIpc) is 3.09. The molecule has 0 radical (unpaired) electrons. The molecule has 0 amide bonds. The summed E-state index contributed by atoms with van der Waals surface area (Å²) in [7, 11) is 0. The first-order valence-corrected chi connectivity index (χ1v) is 12.2. The van der Waals surface area contributed by atoms with Crippen molar-refractivity contribution in [3.05, 3.63) is 63.0 Å². The highest BCUT2D eigenvalue weighted by molar-refractivity contribution is 7.99. The van der Waals surface area contributed by atoms with Crippen LogP contribution in [0, 0.1) is 5.92 Å². The van der Waals surface area contributed by atoms with Crippen molar-refractivity contribution >= 4 is 68.7 Å². The van der Waals surface area contributed by atoms with Gasteiger partial charge >= 0.3 is 0 Å². The fourth-order valence-electron chi connectivity index (χ4n) is 2.87. The molecule has 2 aromatic carbocycles. The van der Waals surface area contributed by atoms with Crippen LogP contribution in [0.2, 0.25) is 10.0 Å². The number of nitrogen functional groups attached to an aromatic ring is 1. The molecule has 0 unspecified atom stereocenters. The predicted octanol–water partition coefficient (Wildman–Crippen LogP) is 7.54. The van der Waals surface area contributed by atoms with Gasteiger partial charge in [-0.1, -0.05) is 67.3 Å². The summed E-state index contributed by atoms with van der Waals surface area (Å²) in [6.07, 6.45) is 2.41. The molecule has 158 valence electrons. The molecule has 0 saturated carbocycles. The smallest absolute Gasteiger partial charge is 0.209 e. The van der Waals surface area contributed by atoms with Gasteiger partial charge in [-0.25, -0.2) is 4.98 Å². The van der Waals surface area contributed by atoms with Crippen LogP contribution in [-0.2, 0) is 0 Å². The Morgan fingerprint density at radius 2 is 1.77 bits per heavy atom. The van der Waals surface area contributed by atoms with E-state index in [4.69, 9.17) is 28.9 Å². The maximum absolute atomic E-state index is 12.9. The van der Waals surface area contributed by atoms with Crippen LogP contribution in [0.3, 0.4) is 0 Å². The molecule has 8 heteroatoms. The number of thiazole rings is 1. The summed E-state index contributed by atoms with van der Waals surface area (Å²) in [5.74, 6) is 1.69. The number of ketones is 1. The zero-order chi connectivity index (χ0) is 21.7. The number of nitrogens with one attached hydrogen (secondary N) is 1. The Balaban J connectivity index is 1.71.